The third kappa shape index (κ3) is 4.21. The van der Waals surface area contributed by atoms with Crippen LogP contribution < -0.4 is 5.32 Å². The molecule has 3 aromatic rings. The summed E-state index contributed by atoms with van der Waals surface area (Å²) in [6.45, 7) is 1.14. The first kappa shape index (κ1) is 18.9. The molecule has 0 fully saturated rings. The number of aromatic nitrogens is 2. The van der Waals surface area contributed by atoms with Gasteiger partial charge in [0.25, 0.3) is 5.91 Å². The molecule has 8 heteroatoms. The lowest BCUT2D eigenvalue weighted by atomic mass is 10.00. The number of carbonyl (C=O) groups excluding carboxylic acids is 1. The van der Waals surface area contributed by atoms with Gasteiger partial charge in [-0.25, -0.2) is 9.97 Å². The fraction of sp³-hybridized carbons (Fsp3) is 0.190. The summed E-state index contributed by atoms with van der Waals surface area (Å²) < 4.78 is 37.9. The number of hydrogen-bond acceptors (Lipinski definition) is 4. The molecule has 1 N–H and O–H groups in total. The molecule has 0 spiro atoms. The average Bonchev–Trinajstić information content (AvgIpc) is 2.73. The van der Waals surface area contributed by atoms with Gasteiger partial charge < -0.3 is 10.2 Å². The SMILES string of the molecule is O=C(c1cnc(Nc2ccc(C(F)(F)F)cc2)cn1)N1CCc2ccccc2C1. The van der Waals surface area contributed by atoms with Gasteiger partial charge >= 0.3 is 6.18 Å². The standard InChI is InChI=1S/C21H17F3N4O/c22-21(23,24)16-5-7-17(8-6-16)27-19-12-25-18(11-26-19)20(29)28-10-9-14-3-1-2-4-15(14)13-28/h1-8,11-12H,9-10,13H2,(H,26,27). The number of nitrogens with one attached hydrogen (secondary N) is 1. The van der Waals surface area contributed by atoms with Gasteiger partial charge in [0.05, 0.1) is 18.0 Å². The summed E-state index contributed by atoms with van der Waals surface area (Å²) in [4.78, 5) is 22.8. The number of anilines is 2. The largest absolute Gasteiger partial charge is 0.416 e. The molecule has 0 radical (unpaired) electrons. The quantitative estimate of drug-likeness (QED) is 0.709. The van der Waals surface area contributed by atoms with Gasteiger partial charge in [-0.3, -0.25) is 4.79 Å². The number of amides is 1. The molecule has 0 aliphatic carbocycles. The zero-order valence-electron chi connectivity index (χ0n) is 15.3. The maximum Gasteiger partial charge on any atom is 0.416 e. The maximum atomic E-state index is 12.7. The Hall–Kier alpha value is -3.42. The molecule has 0 unspecified atom stereocenters. The van der Waals surface area contributed by atoms with Crippen LogP contribution in [0.15, 0.2) is 60.9 Å². The van der Waals surface area contributed by atoms with E-state index < -0.39 is 11.7 Å². The zero-order valence-corrected chi connectivity index (χ0v) is 15.3. The minimum absolute atomic E-state index is 0.201. The molecule has 4 rings (SSSR count). The smallest absolute Gasteiger partial charge is 0.339 e. The van der Waals surface area contributed by atoms with Crippen LogP contribution in [-0.4, -0.2) is 27.3 Å². The van der Waals surface area contributed by atoms with E-state index in [0.29, 0.717) is 24.6 Å². The topological polar surface area (TPSA) is 58.1 Å². The maximum absolute atomic E-state index is 12.7. The number of benzene rings is 2. The molecule has 2 heterocycles. The van der Waals surface area contributed by atoms with Crippen LogP contribution >= 0.6 is 0 Å². The predicted molar refractivity (Wildman–Crippen MR) is 102 cm³/mol. The molecule has 1 aliphatic heterocycles. The second-order valence-corrected chi connectivity index (χ2v) is 6.73. The van der Waals surface area contributed by atoms with E-state index in [1.54, 1.807) is 4.90 Å². The van der Waals surface area contributed by atoms with E-state index in [4.69, 9.17) is 0 Å². The van der Waals surface area contributed by atoms with Crippen molar-refractivity contribution < 1.29 is 18.0 Å². The normalized spacial score (nSPS) is 13.7. The zero-order chi connectivity index (χ0) is 20.4. The van der Waals surface area contributed by atoms with Crippen molar-refractivity contribution in [2.45, 2.75) is 19.1 Å². The Kier molecular flexibility index (Phi) is 4.92. The Morgan fingerprint density at radius 3 is 2.34 bits per heavy atom. The van der Waals surface area contributed by atoms with Crippen LogP contribution in [-0.2, 0) is 19.1 Å². The van der Waals surface area contributed by atoms with Crippen LogP contribution in [0.3, 0.4) is 0 Å². The third-order valence-electron chi connectivity index (χ3n) is 4.77. The lowest BCUT2D eigenvalue weighted by Crippen LogP contribution is -2.36. The Balaban J connectivity index is 1.42. The summed E-state index contributed by atoms with van der Waals surface area (Å²) >= 11 is 0. The molecular formula is C21H17F3N4O. The lowest BCUT2D eigenvalue weighted by molar-refractivity contribution is -0.137. The van der Waals surface area contributed by atoms with Gasteiger partial charge in [-0.1, -0.05) is 24.3 Å². The Morgan fingerprint density at radius 1 is 0.966 bits per heavy atom. The highest BCUT2D eigenvalue weighted by atomic mass is 19.4. The van der Waals surface area contributed by atoms with Crippen LogP contribution in [0.1, 0.15) is 27.2 Å². The Bertz CT molecular complexity index is 1020. The monoisotopic (exact) mass is 398 g/mol. The first-order valence-electron chi connectivity index (χ1n) is 9.02. The highest BCUT2D eigenvalue weighted by Gasteiger charge is 2.30. The summed E-state index contributed by atoms with van der Waals surface area (Å²) in [5.74, 6) is 0.137. The van der Waals surface area contributed by atoms with Gasteiger partial charge in [0.15, 0.2) is 0 Å². The average molecular weight is 398 g/mol. The molecule has 1 aromatic heterocycles. The first-order valence-corrected chi connectivity index (χ1v) is 9.02. The molecule has 1 amide bonds. The number of carbonyl (C=O) groups is 1. The van der Waals surface area contributed by atoms with E-state index in [2.05, 4.69) is 21.4 Å². The van der Waals surface area contributed by atoms with Crippen molar-refractivity contribution in [1.82, 2.24) is 14.9 Å². The van der Waals surface area contributed by atoms with Crippen molar-refractivity contribution in [2.24, 2.45) is 0 Å². The van der Waals surface area contributed by atoms with Crippen molar-refractivity contribution in [1.29, 1.82) is 0 Å². The summed E-state index contributed by atoms with van der Waals surface area (Å²) in [6, 6.07) is 12.6. The molecule has 0 atom stereocenters. The molecule has 0 bridgehead atoms. The van der Waals surface area contributed by atoms with E-state index in [9.17, 15) is 18.0 Å². The minimum atomic E-state index is -4.38. The minimum Gasteiger partial charge on any atom is -0.339 e. The fourth-order valence-electron chi connectivity index (χ4n) is 3.22. The lowest BCUT2D eigenvalue weighted by Gasteiger charge is -2.28. The number of hydrogen-bond donors (Lipinski definition) is 1. The van der Waals surface area contributed by atoms with Crippen molar-refractivity contribution in [3.8, 4) is 0 Å². The summed E-state index contributed by atoms with van der Waals surface area (Å²) in [5, 5.41) is 2.88. The van der Waals surface area contributed by atoms with Crippen LogP contribution in [0, 0.1) is 0 Å². The Morgan fingerprint density at radius 2 is 1.69 bits per heavy atom. The van der Waals surface area contributed by atoms with E-state index in [0.717, 1.165) is 24.1 Å². The van der Waals surface area contributed by atoms with Crippen LogP contribution in [0.2, 0.25) is 0 Å². The summed E-state index contributed by atoms with van der Waals surface area (Å²) in [6.07, 6.45) is -0.823. The highest BCUT2D eigenvalue weighted by Crippen LogP contribution is 2.30. The van der Waals surface area contributed by atoms with Gasteiger partial charge in [0.2, 0.25) is 0 Å². The molecule has 5 nitrogen and oxygen atoms in total. The van der Waals surface area contributed by atoms with Crippen molar-refractivity contribution >= 4 is 17.4 Å². The number of alkyl halides is 3. The molecule has 29 heavy (non-hydrogen) atoms. The highest BCUT2D eigenvalue weighted by molar-refractivity contribution is 5.92. The van der Waals surface area contributed by atoms with Crippen LogP contribution in [0.4, 0.5) is 24.7 Å². The second-order valence-electron chi connectivity index (χ2n) is 6.73. The van der Waals surface area contributed by atoms with Crippen LogP contribution in [0.5, 0.6) is 0 Å². The van der Waals surface area contributed by atoms with E-state index in [-0.39, 0.29) is 11.6 Å². The van der Waals surface area contributed by atoms with Gasteiger partial charge in [-0.2, -0.15) is 13.2 Å². The molecule has 0 saturated carbocycles. The summed E-state index contributed by atoms with van der Waals surface area (Å²) in [7, 11) is 0. The van der Waals surface area contributed by atoms with Gasteiger partial charge in [0, 0.05) is 18.8 Å². The van der Waals surface area contributed by atoms with Gasteiger partial charge in [-0.05, 0) is 41.8 Å². The van der Waals surface area contributed by atoms with Crippen molar-refractivity contribution in [3.63, 3.8) is 0 Å². The summed E-state index contributed by atoms with van der Waals surface area (Å²) in [5.41, 5.74) is 2.32. The molecule has 148 valence electrons. The number of halogens is 3. The number of fused-ring (bicyclic) bond motifs is 1. The predicted octanol–water partition coefficient (Wildman–Crippen LogP) is 4.44. The first-order chi connectivity index (χ1) is 13.9. The third-order valence-corrected chi connectivity index (χ3v) is 4.77. The van der Waals surface area contributed by atoms with Crippen LogP contribution in [0.25, 0.3) is 0 Å². The van der Waals surface area contributed by atoms with Gasteiger partial charge in [-0.15, -0.1) is 0 Å². The number of rotatable bonds is 3. The van der Waals surface area contributed by atoms with Gasteiger partial charge in [0.1, 0.15) is 11.5 Å². The fourth-order valence-corrected chi connectivity index (χ4v) is 3.22. The van der Waals surface area contributed by atoms with Crippen molar-refractivity contribution in [3.05, 3.63) is 83.3 Å². The number of nitrogens with zero attached hydrogens (tertiary/aromatic N) is 3. The van der Waals surface area contributed by atoms with E-state index >= 15 is 0 Å². The molecule has 0 saturated heterocycles. The molecule has 1 aliphatic rings. The molecular weight excluding hydrogens is 381 g/mol. The van der Waals surface area contributed by atoms with Crippen molar-refractivity contribution in [2.75, 3.05) is 11.9 Å². The Labute approximate surface area is 165 Å². The van der Waals surface area contributed by atoms with E-state index in [1.807, 2.05) is 18.2 Å². The second kappa shape index (κ2) is 7.54. The molecule has 2 aromatic carbocycles. The van der Waals surface area contributed by atoms with E-state index in [1.165, 1.54) is 30.1 Å².